The molecule has 1 aromatic carbocycles. The maximum Gasteiger partial charge on any atom is 0.264 e. The Balaban J connectivity index is 2.47. The molecular formula is C10H10Br2N4O2S. The van der Waals surface area contributed by atoms with Gasteiger partial charge in [-0.25, -0.2) is 8.42 Å². The molecule has 19 heavy (non-hydrogen) atoms. The van der Waals surface area contributed by atoms with E-state index >= 15 is 0 Å². The molecule has 0 unspecified atom stereocenters. The third-order valence-electron chi connectivity index (χ3n) is 2.38. The van der Waals surface area contributed by atoms with Crippen LogP contribution in [0.3, 0.4) is 0 Å². The van der Waals surface area contributed by atoms with E-state index in [4.69, 9.17) is 5.73 Å². The molecule has 0 fully saturated rings. The van der Waals surface area contributed by atoms with Crippen LogP contribution in [-0.2, 0) is 17.1 Å². The number of benzene rings is 1. The van der Waals surface area contributed by atoms with Crippen LogP contribution < -0.4 is 10.5 Å². The first-order valence-corrected chi connectivity index (χ1v) is 8.13. The van der Waals surface area contributed by atoms with Crippen LogP contribution in [0, 0.1) is 0 Å². The summed E-state index contributed by atoms with van der Waals surface area (Å²) in [6.45, 7) is 0. The fourth-order valence-corrected chi connectivity index (χ4v) is 4.06. The monoisotopic (exact) mass is 408 g/mol. The van der Waals surface area contributed by atoms with Crippen LogP contribution in [0.25, 0.3) is 0 Å². The highest BCUT2D eigenvalue weighted by atomic mass is 79.9. The van der Waals surface area contributed by atoms with Gasteiger partial charge in [0.05, 0.1) is 11.9 Å². The molecule has 0 aliphatic heterocycles. The second-order valence-corrected chi connectivity index (χ2v) is 7.17. The largest absolute Gasteiger partial charge is 0.394 e. The number of halogens is 2. The minimum atomic E-state index is -3.75. The van der Waals surface area contributed by atoms with Gasteiger partial charge < -0.3 is 5.73 Å². The van der Waals surface area contributed by atoms with Crippen LogP contribution in [0.5, 0.6) is 0 Å². The number of nitrogens with one attached hydrogen (secondary N) is 1. The number of aryl methyl sites for hydroxylation is 1. The van der Waals surface area contributed by atoms with E-state index < -0.39 is 10.0 Å². The fourth-order valence-electron chi connectivity index (χ4n) is 1.44. The zero-order valence-corrected chi connectivity index (χ0v) is 13.8. The van der Waals surface area contributed by atoms with Crippen molar-refractivity contribution in [2.24, 2.45) is 7.05 Å². The quantitative estimate of drug-likeness (QED) is 0.813. The standard InChI is InChI=1S/C10H10Br2N4O2S/c1-16-10(8(13)5-14-16)15-19(17,18)9-4-6(11)2-3-7(9)12/h2-5,15H,13H2,1H3. The molecule has 1 heterocycles. The van der Waals surface area contributed by atoms with Crippen LogP contribution >= 0.6 is 31.9 Å². The van der Waals surface area contributed by atoms with E-state index in [1.165, 1.54) is 16.9 Å². The zero-order chi connectivity index (χ0) is 14.2. The molecule has 0 radical (unpaired) electrons. The van der Waals surface area contributed by atoms with E-state index in [0.29, 0.717) is 8.95 Å². The average Bonchev–Trinajstić information content (AvgIpc) is 2.63. The van der Waals surface area contributed by atoms with Crippen molar-refractivity contribution >= 4 is 53.4 Å². The molecule has 0 atom stereocenters. The van der Waals surface area contributed by atoms with Gasteiger partial charge in [-0.2, -0.15) is 5.10 Å². The maximum atomic E-state index is 12.3. The molecule has 2 aromatic rings. The second kappa shape index (κ2) is 5.14. The van der Waals surface area contributed by atoms with E-state index in [2.05, 4.69) is 41.7 Å². The lowest BCUT2D eigenvalue weighted by atomic mass is 10.4. The lowest BCUT2D eigenvalue weighted by Gasteiger charge is -2.10. The number of aromatic nitrogens is 2. The Hall–Kier alpha value is -1.06. The number of rotatable bonds is 3. The van der Waals surface area contributed by atoms with Gasteiger partial charge in [0.25, 0.3) is 10.0 Å². The Kier molecular flexibility index (Phi) is 3.88. The van der Waals surface area contributed by atoms with Crippen molar-refractivity contribution in [3.63, 3.8) is 0 Å². The van der Waals surface area contributed by atoms with Crippen molar-refractivity contribution < 1.29 is 8.42 Å². The van der Waals surface area contributed by atoms with E-state index in [-0.39, 0.29) is 16.4 Å². The van der Waals surface area contributed by atoms with Crippen molar-refractivity contribution in [2.75, 3.05) is 10.5 Å². The Morgan fingerprint density at radius 1 is 1.37 bits per heavy atom. The Bertz CT molecular complexity index is 708. The number of nitrogens with two attached hydrogens (primary N) is 1. The van der Waals surface area contributed by atoms with Gasteiger partial charge in [0.1, 0.15) is 4.90 Å². The summed E-state index contributed by atoms with van der Waals surface area (Å²) in [6.07, 6.45) is 1.38. The molecule has 102 valence electrons. The molecule has 1 aromatic heterocycles. The third kappa shape index (κ3) is 2.93. The predicted molar refractivity (Wildman–Crippen MR) is 80.3 cm³/mol. The molecule has 0 aliphatic carbocycles. The first kappa shape index (κ1) is 14.4. The van der Waals surface area contributed by atoms with Crippen molar-refractivity contribution in [2.45, 2.75) is 4.90 Å². The summed E-state index contributed by atoms with van der Waals surface area (Å²) in [6, 6.07) is 4.88. The molecule has 0 aliphatic rings. The highest BCUT2D eigenvalue weighted by Gasteiger charge is 2.21. The molecule has 0 amide bonds. The Morgan fingerprint density at radius 2 is 2.05 bits per heavy atom. The smallest absolute Gasteiger partial charge is 0.264 e. The summed E-state index contributed by atoms with van der Waals surface area (Å²) in [5, 5.41) is 3.88. The van der Waals surface area contributed by atoms with Gasteiger partial charge in [-0.15, -0.1) is 0 Å². The first-order chi connectivity index (χ1) is 8.81. The molecule has 0 saturated heterocycles. The molecule has 2 rings (SSSR count). The van der Waals surface area contributed by atoms with Crippen LogP contribution in [0.2, 0.25) is 0 Å². The van der Waals surface area contributed by atoms with Crippen LogP contribution in [0.15, 0.2) is 38.2 Å². The topological polar surface area (TPSA) is 90.0 Å². The highest BCUT2D eigenvalue weighted by Crippen LogP contribution is 2.28. The Morgan fingerprint density at radius 3 is 2.63 bits per heavy atom. The van der Waals surface area contributed by atoms with Gasteiger partial charge >= 0.3 is 0 Å². The summed E-state index contributed by atoms with van der Waals surface area (Å²) in [7, 11) is -2.15. The summed E-state index contributed by atoms with van der Waals surface area (Å²) < 4.78 is 29.5. The van der Waals surface area contributed by atoms with Crippen molar-refractivity contribution in [1.29, 1.82) is 0 Å². The number of nitrogen functional groups attached to an aromatic ring is 1. The van der Waals surface area contributed by atoms with E-state index in [9.17, 15) is 8.42 Å². The molecule has 0 saturated carbocycles. The summed E-state index contributed by atoms with van der Waals surface area (Å²) in [4.78, 5) is 0.113. The van der Waals surface area contributed by atoms with Crippen LogP contribution in [0.1, 0.15) is 0 Å². The molecule has 3 N–H and O–H groups in total. The third-order valence-corrected chi connectivity index (χ3v) is 5.21. The lowest BCUT2D eigenvalue weighted by Crippen LogP contribution is -2.16. The van der Waals surface area contributed by atoms with Gasteiger partial charge in [-0.05, 0) is 34.1 Å². The number of anilines is 2. The van der Waals surface area contributed by atoms with Gasteiger partial charge in [0, 0.05) is 16.0 Å². The lowest BCUT2D eigenvalue weighted by molar-refractivity contribution is 0.599. The number of nitrogens with zero attached hydrogens (tertiary/aromatic N) is 2. The van der Waals surface area contributed by atoms with Gasteiger partial charge in [-0.1, -0.05) is 15.9 Å². The van der Waals surface area contributed by atoms with Gasteiger partial charge in [-0.3, -0.25) is 9.40 Å². The number of hydrogen-bond donors (Lipinski definition) is 2. The SMILES string of the molecule is Cn1ncc(N)c1NS(=O)(=O)c1cc(Br)ccc1Br. The minimum Gasteiger partial charge on any atom is -0.394 e. The molecule has 0 spiro atoms. The number of sulfonamides is 1. The van der Waals surface area contributed by atoms with Crippen molar-refractivity contribution in [1.82, 2.24) is 9.78 Å². The second-order valence-electron chi connectivity index (χ2n) is 3.75. The predicted octanol–water partition coefficient (Wildman–Crippen LogP) is 2.33. The van der Waals surface area contributed by atoms with E-state index in [1.54, 1.807) is 19.2 Å². The maximum absolute atomic E-state index is 12.3. The Labute approximate surface area is 127 Å². The van der Waals surface area contributed by atoms with Crippen molar-refractivity contribution in [3.05, 3.63) is 33.3 Å². The van der Waals surface area contributed by atoms with Crippen molar-refractivity contribution in [3.8, 4) is 0 Å². The minimum absolute atomic E-state index is 0.113. The normalized spacial score (nSPS) is 11.5. The molecule has 6 nitrogen and oxygen atoms in total. The highest BCUT2D eigenvalue weighted by molar-refractivity contribution is 9.11. The first-order valence-electron chi connectivity index (χ1n) is 5.06. The molecular weight excluding hydrogens is 400 g/mol. The van der Waals surface area contributed by atoms with Gasteiger partial charge in [0.2, 0.25) is 0 Å². The fraction of sp³-hybridized carbons (Fsp3) is 0.100. The van der Waals surface area contributed by atoms with Gasteiger partial charge in [0.15, 0.2) is 5.82 Å². The number of hydrogen-bond acceptors (Lipinski definition) is 4. The zero-order valence-electron chi connectivity index (χ0n) is 9.76. The summed E-state index contributed by atoms with van der Waals surface area (Å²) in [5.41, 5.74) is 5.92. The van der Waals surface area contributed by atoms with Crippen LogP contribution in [-0.4, -0.2) is 18.2 Å². The summed E-state index contributed by atoms with van der Waals surface area (Å²) in [5.74, 6) is 0.229. The molecule has 0 bridgehead atoms. The van der Waals surface area contributed by atoms with Crippen LogP contribution in [0.4, 0.5) is 11.5 Å². The average molecular weight is 410 g/mol. The summed E-state index contributed by atoms with van der Waals surface area (Å²) >= 11 is 6.45. The molecule has 9 heteroatoms. The van der Waals surface area contributed by atoms with E-state index in [1.807, 2.05) is 0 Å². The van der Waals surface area contributed by atoms with E-state index in [0.717, 1.165) is 0 Å².